The Labute approximate surface area is 101 Å². The van der Waals surface area contributed by atoms with E-state index in [1.807, 2.05) is 35.1 Å². The zero-order valence-corrected chi connectivity index (χ0v) is 10.3. The Kier molecular flexibility index (Phi) is 3.76. The molecule has 1 heterocycles. The Bertz CT molecular complexity index is 478. The minimum absolute atomic E-state index is 0.0401. The molecule has 4 heteroatoms. The molecule has 0 aliphatic rings. The standard InChI is InChI=1S/C13H19N3O/c1-10(2)15-12(9-17)8-16-13-6-4-3-5-11(13)7-14-16/h3-7,10,12,15,17H,8-9H2,1-2H3. The van der Waals surface area contributed by atoms with Crippen LogP contribution < -0.4 is 5.32 Å². The Morgan fingerprint density at radius 3 is 2.82 bits per heavy atom. The molecule has 0 aliphatic carbocycles. The van der Waals surface area contributed by atoms with Gasteiger partial charge in [-0.05, 0) is 6.07 Å². The van der Waals surface area contributed by atoms with Crippen LogP contribution in [0.5, 0.6) is 0 Å². The molecule has 0 amide bonds. The largest absolute Gasteiger partial charge is 0.395 e. The van der Waals surface area contributed by atoms with Crippen molar-refractivity contribution in [2.24, 2.45) is 0 Å². The molecule has 1 atom stereocenters. The second-order valence-electron chi connectivity index (χ2n) is 4.59. The molecule has 17 heavy (non-hydrogen) atoms. The maximum absolute atomic E-state index is 9.34. The van der Waals surface area contributed by atoms with Gasteiger partial charge in [0.25, 0.3) is 0 Å². The summed E-state index contributed by atoms with van der Waals surface area (Å²) < 4.78 is 1.94. The molecule has 0 saturated heterocycles. The van der Waals surface area contributed by atoms with Crippen LogP contribution in [-0.2, 0) is 6.54 Å². The summed E-state index contributed by atoms with van der Waals surface area (Å²) in [6.07, 6.45) is 1.86. The van der Waals surface area contributed by atoms with Gasteiger partial charge in [0.2, 0.25) is 0 Å². The maximum atomic E-state index is 9.34. The Balaban J connectivity index is 2.16. The van der Waals surface area contributed by atoms with Gasteiger partial charge in [-0.1, -0.05) is 32.0 Å². The van der Waals surface area contributed by atoms with Crippen molar-refractivity contribution in [1.29, 1.82) is 0 Å². The van der Waals surface area contributed by atoms with Gasteiger partial charge in [0.1, 0.15) is 0 Å². The second-order valence-corrected chi connectivity index (χ2v) is 4.59. The minimum atomic E-state index is 0.0401. The number of nitrogens with zero attached hydrogens (tertiary/aromatic N) is 2. The van der Waals surface area contributed by atoms with E-state index in [1.54, 1.807) is 0 Å². The van der Waals surface area contributed by atoms with Crippen molar-refractivity contribution < 1.29 is 5.11 Å². The minimum Gasteiger partial charge on any atom is -0.395 e. The van der Waals surface area contributed by atoms with Gasteiger partial charge in [-0.15, -0.1) is 0 Å². The molecule has 0 aliphatic heterocycles. The number of rotatable bonds is 5. The summed E-state index contributed by atoms with van der Waals surface area (Å²) in [5.74, 6) is 0. The summed E-state index contributed by atoms with van der Waals surface area (Å²) in [4.78, 5) is 0. The van der Waals surface area contributed by atoms with E-state index < -0.39 is 0 Å². The summed E-state index contributed by atoms with van der Waals surface area (Å²) in [5.41, 5.74) is 1.11. The van der Waals surface area contributed by atoms with E-state index in [9.17, 15) is 5.11 Å². The lowest BCUT2D eigenvalue weighted by molar-refractivity contribution is 0.219. The quantitative estimate of drug-likeness (QED) is 0.820. The molecule has 2 N–H and O–H groups in total. The predicted molar refractivity (Wildman–Crippen MR) is 68.9 cm³/mol. The first-order valence-electron chi connectivity index (χ1n) is 5.98. The summed E-state index contributed by atoms with van der Waals surface area (Å²) >= 11 is 0. The number of hydrogen-bond donors (Lipinski definition) is 2. The van der Waals surface area contributed by atoms with Gasteiger partial charge in [-0.2, -0.15) is 5.10 Å². The van der Waals surface area contributed by atoms with Crippen LogP contribution in [0.25, 0.3) is 10.9 Å². The molecule has 1 unspecified atom stereocenters. The van der Waals surface area contributed by atoms with Crippen LogP contribution in [0.2, 0.25) is 0 Å². The van der Waals surface area contributed by atoms with E-state index in [0.717, 1.165) is 10.9 Å². The van der Waals surface area contributed by atoms with Crippen molar-refractivity contribution in [3.8, 4) is 0 Å². The van der Waals surface area contributed by atoms with Gasteiger partial charge >= 0.3 is 0 Å². The number of fused-ring (bicyclic) bond motifs is 1. The molecule has 2 rings (SSSR count). The van der Waals surface area contributed by atoms with Crippen LogP contribution in [0.4, 0.5) is 0 Å². The van der Waals surface area contributed by atoms with E-state index in [2.05, 4.69) is 24.3 Å². The lowest BCUT2D eigenvalue weighted by Gasteiger charge is -2.19. The van der Waals surface area contributed by atoms with E-state index >= 15 is 0 Å². The predicted octanol–water partition coefficient (Wildman–Crippen LogP) is 1.40. The summed E-state index contributed by atoms with van der Waals surface area (Å²) in [6, 6.07) is 8.50. The molecule has 2 aromatic rings. The highest BCUT2D eigenvalue weighted by Crippen LogP contribution is 2.12. The number of aliphatic hydroxyl groups excluding tert-OH is 1. The molecule has 1 aromatic heterocycles. The van der Waals surface area contributed by atoms with E-state index in [0.29, 0.717) is 12.6 Å². The third kappa shape index (κ3) is 2.84. The van der Waals surface area contributed by atoms with E-state index in [-0.39, 0.29) is 12.6 Å². The number of nitrogens with one attached hydrogen (secondary N) is 1. The highest BCUT2D eigenvalue weighted by atomic mass is 16.3. The zero-order chi connectivity index (χ0) is 12.3. The number of para-hydroxylation sites is 1. The van der Waals surface area contributed by atoms with Crippen LogP contribution in [0.3, 0.4) is 0 Å². The molecule has 0 radical (unpaired) electrons. The number of benzene rings is 1. The highest BCUT2D eigenvalue weighted by Gasteiger charge is 2.11. The smallest absolute Gasteiger partial charge is 0.0683 e. The topological polar surface area (TPSA) is 50.1 Å². The summed E-state index contributed by atoms with van der Waals surface area (Å²) in [6.45, 7) is 4.95. The van der Waals surface area contributed by atoms with Gasteiger partial charge in [-0.3, -0.25) is 4.68 Å². The normalized spacial score (nSPS) is 13.4. The average Bonchev–Trinajstić information content (AvgIpc) is 2.71. The fourth-order valence-corrected chi connectivity index (χ4v) is 2.01. The van der Waals surface area contributed by atoms with Crippen molar-refractivity contribution in [2.75, 3.05) is 6.61 Å². The van der Waals surface area contributed by atoms with Crippen LogP contribution in [0.1, 0.15) is 13.8 Å². The highest BCUT2D eigenvalue weighted by molar-refractivity contribution is 5.78. The lowest BCUT2D eigenvalue weighted by atomic mass is 10.2. The fraction of sp³-hybridized carbons (Fsp3) is 0.462. The van der Waals surface area contributed by atoms with Gasteiger partial charge in [0.15, 0.2) is 0 Å². The van der Waals surface area contributed by atoms with Crippen LogP contribution in [-0.4, -0.2) is 33.6 Å². The molecular formula is C13H19N3O. The molecular weight excluding hydrogens is 214 g/mol. The first kappa shape index (κ1) is 12.1. The zero-order valence-electron chi connectivity index (χ0n) is 10.3. The SMILES string of the molecule is CC(C)NC(CO)Cn1ncc2ccccc21. The Morgan fingerprint density at radius 2 is 2.12 bits per heavy atom. The van der Waals surface area contributed by atoms with Crippen molar-refractivity contribution >= 4 is 10.9 Å². The van der Waals surface area contributed by atoms with Gasteiger partial charge in [0, 0.05) is 11.4 Å². The van der Waals surface area contributed by atoms with E-state index in [4.69, 9.17) is 0 Å². The molecule has 0 saturated carbocycles. The van der Waals surface area contributed by atoms with Crippen molar-refractivity contribution in [3.05, 3.63) is 30.5 Å². The molecule has 4 nitrogen and oxygen atoms in total. The monoisotopic (exact) mass is 233 g/mol. The van der Waals surface area contributed by atoms with Crippen molar-refractivity contribution in [3.63, 3.8) is 0 Å². The third-order valence-corrected chi connectivity index (χ3v) is 2.73. The lowest BCUT2D eigenvalue weighted by Crippen LogP contribution is -2.40. The second kappa shape index (κ2) is 5.29. The number of aliphatic hydroxyl groups is 1. The van der Waals surface area contributed by atoms with Crippen LogP contribution >= 0.6 is 0 Å². The third-order valence-electron chi connectivity index (χ3n) is 2.73. The Morgan fingerprint density at radius 1 is 1.35 bits per heavy atom. The van der Waals surface area contributed by atoms with Crippen molar-refractivity contribution in [2.45, 2.75) is 32.5 Å². The summed E-state index contributed by atoms with van der Waals surface area (Å²) in [7, 11) is 0. The van der Waals surface area contributed by atoms with Gasteiger partial charge < -0.3 is 10.4 Å². The first-order chi connectivity index (χ1) is 8.20. The number of aromatic nitrogens is 2. The Hall–Kier alpha value is -1.39. The van der Waals surface area contributed by atoms with Crippen LogP contribution in [0.15, 0.2) is 30.5 Å². The summed E-state index contributed by atoms with van der Waals surface area (Å²) in [5, 5.41) is 18.2. The number of hydrogen-bond acceptors (Lipinski definition) is 3. The van der Waals surface area contributed by atoms with Gasteiger partial charge in [0.05, 0.1) is 30.9 Å². The van der Waals surface area contributed by atoms with Crippen molar-refractivity contribution in [1.82, 2.24) is 15.1 Å². The molecule has 0 fully saturated rings. The molecule has 1 aromatic carbocycles. The molecule has 0 bridgehead atoms. The van der Waals surface area contributed by atoms with Gasteiger partial charge in [-0.25, -0.2) is 0 Å². The van der Waals surface area contributed by atoms with Crippen LogP contribution in [0, 0.1) is 0 Å². The maximum Gasteiger partial charge on any atom is 0.0683 e. The molecule has 92 valence electrons. The molecule has 0 spiro atoms. The van der Waals surface area contributed by atoms with E-state index in [1.165, 1.54) is 0 Å². The average molecular weight is 233 g/mol. The first-order valence-corrected chi connectivity index (χ1v) is 5.98. The fourth-order valence-electron chi connectivity index (χ4n) is 2.01.